The molecule has 0 heterocycles. The van der Waals surface area contributed by atoms with Gasteiger partial charge >= 0.3 is 5.97 Å². The summed E-state index contributed by atoms with van der Waals surface area (Å²) in [5.74, 6) is -1.10. The summed E-state index contributed by atoms with van der Waals surface area (Å²) in [6.45, 7) is 3.93. The van der Waals surface area contributed by atoms with Crippen molar-refractivity contribution in [3.63, 3.8) is 0 Å². The number of hydrogen-bond acceptors (Lipinski definition) is 2. The predicted molar refractivity (Wildman–Crippen MR) is 65.0 cm³/mol. The SMILES string of the molecule is CNC(=O)[C@@H](c1ccc(C(=O)O)cc1)C(C)C. The van der Waals surface area contributed by atoms with Crippen LogP contribution in [-0.4, -0.2) is 24.0 Å². The number of carboxylic acid groups (broad SMARTS) is 1. The second-order valence-electron chi connectivity index (χ2n) is 4.26. The fourth-order valence-corrected chi connectivity index (χ4v) is 1.83. The summed E-state index contributed by atoms with van der Waals surface area (Å²) in [6.07, 6.45) is 0. The van der Waals surface area contributed by atoms with Crippen LogP contribution in [0.15, 0.2) is 24.3 Å². The molecule has 4 heteroatoms. The van der Waals surface area contributed by atoms with Crippen LogP contribution < -0.4 is 5.32 Å². The van der Waals surface area contributed by atoms with E-state index in [1.165, 1.54) is 12.1 Å². The number of rotatable bonds is 4. The molecule has 0 radical (unpaired) electrons. The fraction of sp³-hybridized carbons (Fsp3) is 0.385. The number of carbonyl (C=O) groups excluding carboxylic acids is 1. The fourth-order valence-electron chi connectivity index (χ4n) is 1.83. The highest BCUT2D eigenvalue weighted by Crippen LogP contribution is 2.24. The lowest BCUT2D eigenvalue weighted by Gasteiger charge is -2.19. The molecule has 4 nitrogen and oxygen atoms in total. The Balaban J connectivity index is 3.03. The Morgan fingerprint density at radius 2 is 1.71 bits per heavy atom. The van der Waals surface area contributed by atoms with E-state index in [0.717, 1.165) is 5.56 Å². The zero-order valence-electron chi connectivity index (χ0n) is 10.2. The van der Waals surface area contributed by atoms with Crippen molar-refractivity contribution in [2.45, 2.75) is 19.8 Å². The molecule has 1 amide bonds. The van der Waals surface area contributed by atoms with Crippen LogP contribution in [0.5, 0.6) is 0 Å². The van der Waals surface area contributed by atoms with Gasteiger partial charge in [0.05, 0.1) is 11.5 Å². The van der Waals surface area contributed by atoms with Gasteiger partial charge < -0.3 is 10.4 Å². The average Bonchev–Trinajstić information content (AvgIpc) is 2.29. The number of carboxylic acids is 1. The molecule has 0 bridgehead atoms. The van der Waals surface area contributed by atoms with Gasteiger partial charge in [-0.1, -0.05) is 26.0 Å². The summed E-state index contributed by atoms with van der Waals surface area (Å²) in [4.78, 5) is 22.5. The van der Waals surface area contributed by atoms with E-state index in [1.54, 1.807) is 19.2 Å². The molecule has 0 saturated heterocycles. The normalized spacial score (nSPS) is 12.2. The summed E-state index contributed by atoms with van der Waals surface area (Å²) in [6, 6.07) is 6.44. The molecule has 92 valence electrons. The van der Waals surface area contributed by atoms with Crippen LogP contribution in [0, 0.1) is 5.92 Å². The lowest BCUT2D eigenvalue weighted by Crippen LogP contribution is -2.29. The number of likely N-dealkylation sites (N-methyl/N-ethyl adjacent to an activating group) is 1. The molecule has 1 aromatic carbocycles. The molecule has 0 aliphatic carbocycles. The van der Waals surface area contributed by atoms with Crippen molar-refractivity contribution in [2.24, 2.45) is 5.92 Å². The summed E-state index contributed by atoms with van der Waals surface area (Å²) >= 11 is 0. The molecule has 1 atom stereocenters. The Hall–Kier alpha value is -1.84. The van der Waals surface area contributed by atoms with Crippen LogP contribution in [0.2, 0.25) is 0 Å². The van der Waals surface area contributed by atoms with Crippen molar-refractivity contribution < 1.29 is 14.7 Å². The molecule has 2 N–H and O–H groups in total. The van der Waals surface area contributed by atoms with Gasteiger partial charge in [-0.3, -0.25) is 4.79 Å². The molecular weight excluding hydrogens is 218 g/mol. The summed E-state index contributed by atoms with van der Waals surface area (Å²) in [5, 5.41) is 11.4. The van der Waals surface area contributed by atoms with Crippen LogP contribution in [0.3, 0.4) is 0 Å². The largest absolute Gasteiger partial charge is 0.478 e. The van der Waals surface area contributed by atoms with Crippen LogP contribution in [0.1, 0.15) is 35.7 Å². The van der Waals surface area contributed by atoms with Gasteiger partial charge in [0.25, 0.3) is 0 Å². The number of benzene rings is 1. The van der Waals surface area contributed by atoms with Crippen LogP contribution in [-0.2, 0) is 4.79 Å². The minimum Gasteiger partial charge on any atom is -0.478 e. The maximum atomic E-state index is 11.7. The standard InChI is InChI=1S/C13H17NO3/c1-8(2)11(12(15)14-3)9-4-6-10(7-5-9)13(16)17/h4-8,11H,1-3H3,(H,14,15)(H,16,17)/t11-/m1/s1. The highest BCUT2D eigenvalue weighted by Gasteiger charge is 2.23. The molecule has 1 aromatic rings. The molecule has 17 heavy (non-hydrogen) atoms. The van der Waals surface area contributed by atoms with E-state index < -0.39 is 5.97 Å². The number of carbonyl (C=O) groups is 2. The Morgan fingerprint density at radius 1 is 1.18 bits per heavy atom. The number of aromatic carboxylic acids is 1. The Morgan fingerprint density at radius 3 is 2.06 bits per heavy atom. The van der Waals surface area contributed by atoms with Gasteiger partial charge in [-0.15, -0.1) is 0 Å². The third-order valence-electron chi connectivity index (χ3n) is 2.71. The monoisotopic (exact) mass is 235 g/mol. The first-order valence-electron chi connectivity index (χ1n) is 5.52. The van der Waals surface area contributed by atoms with Gasteiger partial charge in [-0.25, -0.2) is 4.79 Å². The molecule has 0 unspecified atom stereocenters. The van der Waals surface area contributed by atoms with Crippen molar-refractivity contribution in [1.82, 2.24) is 5.32 Å². The van der Waals surface area contributed by atoms with Crippen LogP contribution in [0.25, 0.3) is 0 Å². The zero-order chi connectivity index (χ0) is 13.0. The van der Waals surface area contributed by atoms with Crippen molar-refractivity contribution in [3.8, 4) is 0 Å². The molecule has 0 spiro atoms. The quantitative estimate of drug-likeness (QED) is 0.837. The highest BCUT2D eigenvalue weighted by molar-refractivity contribution is 5.88. The topological polar surface area (TPSA) is 66.4 Å². The molecule has 0 aliphatic rings. The first kappa shape index (κ1) is 13.2. The van der Waals surface area contributed by atoms with Gasteiger partial charge in [0.1, 0.15) is 0 Å². The van der Waals surface area contributed by atoms with Gasteiger partial charge in [-0.05, 0) is 23.6 Å². The summed E-state index contributed by atoms with van der Waals surface area (Å²) in [5.41, 5.74) is 1.07. The van der Waals surface area contributed by atoms with Gasteiger partial charge in [0.2, 0.25) is 5.91 Å². The zero-order valence-corrected chi connectivity index (χ0v) is 10.2. The molecule has 1 rings (SSSR count). The minimum atomic E-state index is -0.961. The number of hydrogen-bond donors (Lipinski definition) is 2. The van der Waals surface area contributed by atoms with Crippen molar-refractivity contribution in [3.05, 3.63) is 35.4 Å². The molecule has 0 saturated carbocycles. The van der Waals surface area contributed by atoms with E-state index in [0.29, 0.717) is 0 Å². The molecule has 0 aromatic heterocycles. The molecular formula is C13H17NO3. The van der Waals surface area contributed by atoms with E-state index in [1.807, 2.05) is 13.8 Å². The van der Waals surface area contributed by atoms with E-state index in [2.05, 4.69) is 5.32 Å². The smallest absolute Gasteiger partial charge is 0.335 e. The first-order valence-corrected chi connectivity index (χ1v) is 5.52. The summed E-state index contributed by atoms with van der Waals surface area (Å²) < 4.78 is 0. The third kappa shape index (κ3) is 3.06. The number of nitrogens with one attached hydrogen (secondary N) is 1. The first-order chi connectivity index (χ1) is 7.97. The van der Waals surface area contributed by atoms with Gasteiger partial charge in [-0.2, -0.15) is 0 Å². The van der Waals surface area contributed by atoms with Crippen molar-refractivity contribution >= 4 is 11.9 Å². The molecule has 0 fully saturated rings. The van der Waals surface area contributed by atoms with E-state index in [9.17, 15) is 9.59 Å². The van der Waals surface area contributed by atoms with Crippen molar-refractivity contribution in [2.75, 3.05) is 7.05 Å². The van der Waals surface area contributed by atoms with E-state index >= 15 is 0 Å². The van der Waals surface area contributed by atoms with Gasteiger partial charge in [0, 0.05) is 7.05 Å². The average molecular weight is 235 g/mol. The third-order valence-corrected chi connectivity index (χ3v) is 2.71. The van der Waals surface area contributed by atoms with Crippen LogP contribution in [0.4, 0.5) is 0 Å². The minimum absolute atomic E-state index is 0.0527. The maximum Gasteiger partial charge on any atom is 0.335 e. The lowest BCUT2D eigenvalue weighted by atomic mass is 9.87. The van der Waals surface area contributed by atoms with E-state index in [-0.39, 0.29) is 23.3 Å². The molecule has 0 aliphatic heterocycles. The van der Waals surface area contributed by atoms with Crippen molar-refractivity contribution in [1.29, 1.82) is 0 Å². The van der Waals surface area contributed by atoms with Crippen LogP contribution >= 0.6 is 0 Å². The number of amides is 1. The predicted octanol–water partition coefficient (Wildman–Crippen LogP) is 1.87. The van der Waals surface area contributed by atoms with Gasteiger partial charge in [0.15, 0.2) is 0 Å². The highest BCUT2D eigenvalue weighted by atomic mass is 16.4. The summed E-state index contributed by atoms with van der Waals surface area (Å²) in [7, 11) is 1.60. The second-order valence-corrected chi connectivity index (χ2v) is 4.26. The Labute approximate surface area is 101 Å². The Bertz CT molecular complexity index is 409. The maximum absolute atomic E-state index is 11.7. The Kier molecular flexibility index (Phi) is 4.26. The van der Waals surface area contributed by atoms with E-state index in [4.69, 9.17) is 5.11 Å². The second kappa shape index (κ2) is 5.48. The lowest BCUT2D eigenvalue weighted by molar-refractivity contribution is -0.123.